The fourth-order valence-electron chi connectivity index (χ4n) is 1.72. The number of methoxy groups -OCH3 is 1. The summed E-state index contributed by atoms with van der Waals surface area (Å²) in [5.41, 5.74) is 7.25. The second-order valence-corrected chi connectivity index (χ2v) is 5.05. The van der Waals surface area contributed by atoms with Crippen molar-refractivity contribution in [1.29, 1.82) is 0 Å². The monoisotopic (exact) mass is 325 g/mol. The molecule has 0 aliphatic carbocycles. The minimum absolute atomic E-state index is 0.146. The van der Waals surface area contributed by atoms with Gasteiger partial charge in [0.2, 0.25) is 0 Å². The number of carbonyl (C=O) groups excluding carboxylic acids is 1. The Morgan fingerprint density at radius 1 is 1.19 bits per heavy atom. The van der Waals surface area contributed by atoms with E-state index in [4.69, 9.17) is 33.7 Å². The number of ether oxygens (including phenoxy) is 2. The second-order valence-electron chi connectivity index (χ2n) is 4.23. The quantitative estimate of drug-likeness (QED) is 0.683. The predicted octanol–water partition coefficient (Wildman–Crippen LogP) is 3.94. The van der Waals surface area contributed by atoms with Crippen LogP contribution in [0.25, 0.3) is 0 Å². The third-order valence-corrected chi connectivity index (χ3v) is 3.58. The van der Waals surface area contributed by atoms with E-state index in [2.05, 4.69) is 4.74 Å². The molecule has 0 unspecified atom stereocenters. The number of hydrogen-bond donors (Lipinski definition) is 1. The summed E-state index contributed by atoms with van der Waals surface area (Å²) in [5.74, 6) is -0.0930. The molecule has 2 rings (SSSR count). The normalized spacial score (nSPS) is 10.2. The highest BCUT2D eigenvalue weighted by Gasteiger charge is 2.11. The van der Waals surface area contributed by atoms with Crippen molar-refractivity contribution < 1.29 is 14.3 Å². The Hall–Kier alpha value is -1.91. The minimum atomic E-state index is -0.462. The van der Waals surface area contributed by atoms with Gasteiger partial charge in [0.1, 0.15) is 12.4 Å². The number of benzene rings is 2. The summed E-state index contributed by atoms with van der Waals surface area (Å²) in [7, 11) is 1.31. The molecule has 4 nitrogen and oxygen atoms in total. The smallest absolute Gasteiger partial charge is 0.337 e. The molecule has 0 saturated heterocycles. The fourth-order valence-corrected chi connectivity index (χ4v) is 2.23. The zero-order valence-electron chi connectivity index (χ0n) is 11.2. The maximum atomic E-state index is 11.5. The van der Waals surface area contributed by atoms with Crippen molar-refractivity contribution in [3.8, 4) is 5.75 Å². The lowest BCUT2D eigenvalue weighted by Gasteiger charge is -2.12. The second kappa shape index (κ2) is 6.70. The van der Waals surface area contributed by atoms with E-state index in [1.54, 1.807) is 30.3 Å². The van der Waals surface area contributed by atoms with Gasteiger partial charge in [-0.2, -0.15) is 0 Å². The van der Waals surface area contributed by atoms with Crippen LogP contribution in [0, 0.1) is 0 Å². The van der Waals surface area contributed by atoms with Crippen molar-refractivity contribution in [2.45, 2.75) is 6.61 Å². The molecular weight excluding hydrogens is 313 g/mol. The van der Waals surface area contributed by atoms with Gasteiger partial charge in [0.15, 0.2) is 0 Å². The topological polar surface area (TPSA) is 61.5 Å². The van der Waals surface area contributed by atoms with Gasteiger partial charge < -0.3 is 15.2 Å². The number of anilines is 1. The number of halogens is 2. The van der Waals surface area contributed by atoms with Gasteiger partial charge >= 0.3 is 5.97 Å². The Morgan fingerprint density at radius 3 is 2.48 bits per heavy atom. The van der Waals surface area contributed by atoms with Crippen LogP contribution in [0.2, 0.25) is 10.0 Å². The van der Waals surface area contributed by atoms with Crippen LogP contribution in [0.1, 0.15) is 15.9 Å². The van der Waals surface area contributed by atoms with Crippen molar-refractivity contribution in [2.24, 2.45) is 0 Å². The average Bonchev–Trinajstić information content (AvgIpc) is 2.47. The zero-order chi connectivity index (χ0) is 15.4. The lowest BCUT2D eigenvalue weighted by atomic mass is 10.2. The minimum Gasteiger partial charge on any atom is -0.487 e. The molecule has 0 heterocycles. The van der Waals surface area contributed by atoms with Gasteiger partial charge in [-0.25, -0.2) is 4.79 Å². The summed E-state index contributed by atoms with van der Waals surface area (Å²) in [5, 5.41) is 1.01. The van der Waals surface area contributed by atoms with Crippen LogP contribution >= 0.6 is 23.2 Å². The van der Waals surface area contributed by atoms with Gasteiger partial charge in [-0.1, -0.05) is 29.3 Å². The Bertz CT molecular complexity index is 654. The first kappa shape index (κ1) is 15.5. The van der Waals surface area contributed by atoms with Gasteiger partial charge in [0.25, 0.3) is 0 Å². The van der Waals surface area contributed by atoms with Crippen molar-refractivity contribution in [3.05, 3.63) is 57.6 Å². The predicted molar refractivity (Wildman–Crippen MR) is 83.0 cm³/mol. The molecule has 0 atom stereocenters. The zero-order valence-corrected chi connectivity index (χ0v) is 12.7. The highest BCUT2D eigenvalue weighted by Crippen LogP contribution is 2.28. The Labute approximate surface area is 132 Å². The molecule has 0 spiro atoms. The maximum absolute atomic E-state index is 11.5. The molecular formula is C15H13Cl2NO3. The van der Waals surface area contributed by atoms with Gasteiger partial charge in [0.05, 0.1) is 18.4 Å². The van der Waals surface area contributed by atoms with Crippen molar-refractivity contribution in [1.82, 2.24) is 0 Å². The van der Waals surface area contributed by atoms with Crippen LogP contribution in [0.4, 0.5) is 5.69 Å². The number of hydrogen-bond acceptors (Lipinski definition) is 4. The average molecular weight is 326 g/mol. The Morgan fingerprint density at radius 2 is 1.86 bits per heavy atom. The van der Waals surface area contributed by atoms with E-state index in [1.165, 1.54) is 13.2 Å². The first-order chi connectivity index (χ1) is 10.0. The van der Waals surface area contributed by atoms with E-state index in [0.29, 0.717) is 32.6 Å². The molecule has 0 fully saturated rings. The number of carbonyl (C=O) groups is 1. The van der Waals surface area contributed by atoms with Crippen LogP contribution in [-0.4, -0.2) is 13.1 Å². The Kier molecular flexibility index (Phi) is 4.94. The van der Waals surface area contributed by atoms with Crippen LogP contribution < -0.4 is 10.5 Å². The standard InChI is InChI=1S/C15H13Cl2NO3/c1-20-15(19)9-5-6-13(18)14(7-9)21-8-10-11(16)3-2-4-12(10)17/h2-7H,8,18H2,1H3. The first-order valence-corrected chi connectivity index (χ1v) is 6.82. The fraction of sp³-hybridized carbons (Fsp3) is 0.133. The summed E-state index contributed by atoms with van der Waals surface area (Å²) < 4.78 is 10.3. The molecule has 6 heteroatoms. The van der Waals surface area contributed by atoms with Gasteiger partial charge in [-0.15, -0.1) is 0 Å². The lowest BCUT2D eigenvalue weighted by Crippen LogP contribution is -2.04. The van der Waals surface area contributed by atoms with Crippen molar-refractivity contribution in [2.75, 3.05) is 12.8 Å². The summed E-state index contributed by atoms with van der Waals surface area (Å²) in [6, 6.07) is 9.86. The van der Waals surface area contributed by atoms with Crippen LogP contribution in [0.5, 0.6) is 5.75 Å². The highest BCUT2D eigenvalue weighted by atomic mass is 35.5. The first-order valence-electron chi connectivity index (χ1n) is 6.06. The molecule has 21 heavy (non-hydrogen) atoms. The maximum Gasteiger partial charge on any atom is 0.337 e. The molecule has 2 N–H and O–H groups in total. The lowest BCUT2D eigenvalue weighted by molar-refractivity contribution is 0.0600. The summed E-state index contributed by atoms with van der Waals surface area (Å²) in [6.07, 6.45) is 0. The van der Waals surface area contributed by atoms with Gasteiger partial charge in [-0.05, 0) is 30.3 Å². The van der Waals surface area contributed by atoms with Crippen molar-refractivity contribution in [3.63, 3.8) is 0 Å². The third-order valence-electron chi connectivity index (χ3n) is 2.87. The number of nitrogen functional groups attached to an aromatic ring is 1. The highest BCUT2D eigenvalue weighted by molar-refractivity contribution is 6.35. The number of nitrogens with two attached hydrogens (primary N) is 1. The van der Waals surface area contributed by atoms with Crippen molar-refractivity contribution >= 4 is 34.9 Å². The number of esters is 1. The molecule has 2 aromatic carbocycles. The van der Waals surface area contributed by atoms with Crippen LogP contribution in [0.3, 0.4) is 0 Å². The largest absolute Gasteiger partial charge is 0.487 e. The number of rotatable bonds is 4. The molecule has 0 bridgehead atoms. The van der Waals surface area contributed by atoms with Gasteiger partial charge in [-0.3, -0.25) is 0 Å². The van der Waals surface area contributed by atoms with E-state index < -0.39 is 5.97 Å². The third kappa shape index (κ3) is 3.60. The van der Waals surface area contributed by atoms with E-state index >= 15 is 0 Å². The summed E-state index contributed by atoms with van der Waals surface area (Å²) in [4.78, 5) is 11.5. The SMILES string of the molecule is COC(=O)c1ccc(N)c(OCc2c(Cl)cccc2Cl)c1. The van der Waals surface area contributed by atoms with Gasteiger partial charge in [0, 0.05) is 15.6 Å². The molecule has 0 aliphatic heterocycles. The van der Waals surface area contributed by atoms with E-state index in [9.17, 15) is 4.79 Å². The summed E-state index contributed by atoms with van der Waals surface area (Å²) >= 11 is 12.1. The van der Waals surface area contributed by atoms with Crippen LogP contribution in [-0.2, 0) is 11.3 Å². The molecule has 0 saturated carbocycles. The van der Waals surface area contributed by atoms with E-state index in [-0.39, 0.29) is 6.61 Å². The molecule has 110 valence electrons. The molecule has 0 radical (unpaired) electrons. The van der Waals surface area contributed by atoms with E-state index in [0.717, 1.165) is 0 Å². The van der Waals surface area contributed by atoms with E-state index in [1.807, 2.05) is 0 Å². The van der Waals surface area contributed by atoms with Crippen LogP contribution in [0.15, 0.2) is 36.4 Å². The molecule has 0 amide bonds. The molecule has 0 aromatic heterocycles. The summed E-state index contributed by atoms with van der Waals surface area (Å²) in [6.45, 7) is 0.146. The molecule has 2 aromatic rings. The Balaban J connectivity index is 2.22. The molecule has 0 aliphatic rings.